The smallest absolute Gasteiger partial charge is 0.337 e. The summed E-state index contributed by atoms with van der Waals surface area (Å²) in [7, 11) is 1.30. The van der Waals surface area contributed by atoms with Gasteiger partial charge in [-0.3, -0.25) is 9.59 Å². The van der Waals surface area contributed by atoms with Gasteiger partial charge in [-0.25, -0.2) is 4.79 Å². The predicted molar refractivity (Wildman–Crippen MR) is 102 cm³/mol. The number of carbonyl (C=O) groups is 2. The number of hydrogen-bond acceptors (Lipinski definition) is 4. The molecule has 136 valence electrons. The Morgan fingerprint density at radius 2 is 1.67 bits per heavy atom. The standard InChI is InChI=1S/C21H18N2O4/c1-27-21(26)16-9-11-17(12-10-16)22-19(24)18-8-5-13-23(20(18)25)14-15-6-3-2-4-7-15/h2-13H,14H2,1H3,(H,22,24). The largest absolute Gasteiger partial charge is 0.465 e. The number of hydrogen-bond donors (Lipinski definition) is 1. The van der Waals surface area contributed by atoms with E-state index >= 15 is 0 Å². The number of rotatable bonds is 5. The van der Waals surface area contributed by atoms with Gasteiger partial charge in [-0.15, -0.1) is 0 Å². The van der Waals surface area contributed by atoms with Gasteiger partial charge in [0.1, 0.15) is 5.56 Å². The fourth-order valence-corrected chi connectivity index (χ4v) is 2.62. The molecule has 0 radical (unpaired) electrons. The number of anilines is 1. The van der Waals surface area contributed by atoms with E-state index in [0.29, 0.717) is 17.8 Å². The number of nitrogens with zero attached hydrogens (tertiary/aromatic N) is 1. The summed E-state index contributed by atoms with van der Waals surface area (Å²) in [5.41, 5.74) is 1.50. The van der Waals surface area contributed by atoms with Gasteiger partial charge >= 0.3 is 5.97 Å². The molecule has 2 aromatic carbocycles. The molecule has 0 aliphatic heterocycles. The molecule has 27 heavy (non-hydrogen) atoms. The molecule has 1 aromatic heterocycles. The highest BCUT2D eigenvalue weighted by molar-refractivity contribution is 6.04. The van der Waals surface area contributed by atoms with E-state index in [-0.39, 0.29) is 11.1 Å². The van der Waals surface area contributed by atoms with Gasteiger partial charge in [0.2, 0.25) is 0 Å². The van der Waals surface area contributed by atoms with Crippen LogP contribution in [0, 0.1) is 0 Å². The van der Waals surface area contributed by atoms with Crippen LogP contribution in [0.1, 0.15) is 26.3 Å². The van der Waals surface area contributed by atoms with Gasteiger partial charge in [0.05, 0.1) is 19.2 Å². The first-order valence-corrected chi connectivity index (χ1v) is 8.31. The second kappa shape index (κ2) is 8.14. The van der Waals surface area contributed by atoms with Crippen molar-refractivity contribution in [1.29, 1.82) is 0 Å². The monoisotopic (exact) mass is 362 g/mol. The third kappa shape index (κ3) is 4.30. The van der Waals surface area contributed by atoms with Crippen LogP contribution in [0.4, 0.5) is 5.69 Å². The van der Waals surface area contributed by atoms with Crippen molar-refractivity contribution in [3.8, 4) is 0 Å². The van der Waals surface area contributed by atoms with Crippen molar-refractivity contribution in [2.24, 2.45) is 0 Å². The molecule has 0 aliphatic rings. The second-order valence-corrected chi connectivity index (χ2v) is 5.86. The summed E-state index contributed by atoms with van der Waals surface area (Å²) >= 11 is 0. The summed E-state index contributed by atoms with van der Waals surface area (Å²) in [5, 5.41) is 2.67. The van der Waals surface area contributed by atoms with Crippen LogP contribution in [0.15, 0.2) is 77.7 Å². The lowest BCUT2D eigenvalue weighted by Gasteiger charge is -2.09. The number of carbonyl (C=O) groups excluding carboxylic acids is 2. The van der Waals surface area contributed by atoms with Crippen molar-refractivity contribution in [3.05, 3.63) is 100.0 Å². The first-order valence-electron chi connectivity index (χ1n) is 8.31. The van der Waals surface area contributed by atoms with E-state index in [1.807, 2.05) is 30.3 Å². The van der Waals surface area contributed by atoms with Crippen molar-refractivity contribution >= 4 is 17.6 Å². The van der Waals surface area contributed by atoms with Crippen molar-refractivity contribution in [2.75, 3.05) is 12.4 Å². The van der Waals surface area contributed by atoms with E-state index in [9.17, 15) is 14.4 Å². The Kier molecular flexibility index (Phi) is 5.47. The van der Waals surface area contributed by atoms with Crippen molar-refractivity contribution in [2.45, 2.75) is 6.54 Å². The van der Waals surface area contributed by atoms with Gasteiger partial charge < -0.3 is 14.6 Å². The molecule has 1 heterocycles. The van der Waals surface area contributed by atoms with Crippen LogP contribution in [-0.4, -0.2) is 23.6 Å². The fourth-order valence-electron chi connectivity index (χ4n) is 2.62. The normalized spacial score (nSPS) is 10.3. The number of esters is 1. The summed E-state index contributed by atoms with van der Waals surface area (Å²) < 4.78 is 6.12. The number of aromatic nitrogens is 1. The number of benzene rings is 2. The Balaban J connectivity index is 1.78. The Hall–Kier alpha value is -3.67. The summed E-state index contributed by atoms with van der Waals surface area (Å²) in [6, 6.07) is 18.9. The minimum atomic E-state index is -0.506. The molecule has 3 aromatic rings. The minimum Gasteiger partial charge on any atom is -0.465 e. The quantitative estimate of drug-likeness (QED) is 0.708. The van der Waals surface area contributed by atoms with E-state index < -0.39 is 11.9 Å². The SMILES string of the molecule is COC(=O)c1ccc(NC(=O)c2cccn(Cc3ccccc3)c2=O)cc1. The molecule has 3 rings (SSSR count). The van der Waals surface area contributed by atoms with Gasteiger partial charge in [0, 0.05) is 11.9 Å². The molecule has 0 saturated heterocycles. The molecule has 0 fully saturated rings. The predicted octanol–water partition coefficient (Wildman–Crippen LogP) is 2.94. The topological polar surface area (TPSA) is 77.4 Å². The van der Waals surface area contributed by atoms with Gasteiger partial charge in [-0.05, 0) is 42.0 Å². The third-order valence-electron chi connectivity index (χ3n) is 4.02. The van der Waals surface area contributed by atoms with E-state index in [1.165, 1.54) is 17.7 Å². The minimum absolute atomic E-state index is 0.0467. The first kappa shape index (κ1) is 18.1. The molecule has 0 atom stereocenters. The maximum Gasteiger partial charge on any atom is 0.337 e. The van der Waals surface area contributed by atoms with Gasteiger partial charge in [-0.2, -0.15) is 0 Å². The van der Waals surface area contributed by atoms with Crippen LogP contribution < -0.4 is 10.9 Å². The number of nitrogens with one attached hydrogen (secondary N) is 1. The maximum absolute atomic E-state index is 12.6. The average Bonchev–Trinajstić information content (AvgIpc) is 2.70. The van der Waals surface area contributed by atoms with Crippen LogP contribution in [-0.2, 0) is 11.3 Å². The summed E-state index contributed by atoms with van der Waals surface area (Å²) in [5.74, 6) is -0.965. The lowest BCUT2D eigenvalue weighted by atomic mass is 10.2. The van der Waals surface area contributed by atoms with Gasteiger partial charge in [-0.1, -0.05) is 30.3 Å². The average molecular weight is 362 g/mol. The van der Waals surface area contributed by atoms with Gasteiger partial charge in [0.25, 0.3) is 11.5 Å². The Morgan fingerprint density at radius 1 is 0.963 bits per heavy atom. The highest BCUT2D eigenvalue weighted by Gasteiger charge is 2.13. The molecule has 0 bridgehead atoms. The highest BCUT2D eigenvalue weighted by Crippen LogP contribution is 2.11. The zero-order chi connectivity index (χ0) is 19.2. The number of amides is 1. The summed E-state index contributed by atoms with van der Waals surface area (Å²) in [6.07, 6.45) is 1.65. The Morgan fingerprint density at radius 3 is 2.33 bits per heavy atom. The molecule has 0 unspecified atom stereocenters. The zero-order valence-corrected chi connectivity index (χ0v) is 14.7. The lowest BCUT2D eigenvalue weighted by molar-refractivity contribution is 0.0600. The summed E-state index contributed by atoms with van der Waals surface area (Å²) in [6.45, 7) is 0.384. The van der Waals surface area contributed by atoms with Crippen molar-refractivity contribution in [1.82, 2.24) is 4.57 Å². The van der Waals surface area contributed by atoms with Crippen LogP contribution in [0.25, 0.3) is 0 Å². The molecule has 1 amide bonds. The third-order valence-corrected chi connectivity index (χ3v) is 4.02. The van der Waals surface area contributed by atoms with Gasteiger partial charge in [0.15, 0.2) is 0 Å². The maximum atomic E-state index is 12.6. The summed E-state index contributed by atoms with van der Waals surface area (Å²) in [4.78, 5) is 36.6. The molecule has 0 spiro atoms. The van der Waals surface area contributed by atoms with Crippen LogP contribution in [0.2, 0.25) is 0 Å². The molecular weight excluding hydrogens is 344 g/mol. The first-order chi connectivity index (χ1) is 13.1. The van der Waals surface area contributed by atoms with Crippen molar-refractivity contribution < 1.29 is 14.3 Å². The molecular formula is C21H18N2O4. The molecule has 0 saturated carbocycles. The molecule has 0 aliphatic carbocycles. The van der Waals surface area contributed by atoms with E-state index in [1.54, 1.807) is 36.5 Å². The molecule has 6 nitrogen and oxygen atoms in total. The number of pyridine rings is 1. The number of ether oxygens (including phenoxy) is 1. The van der Waals surface area contributed by atoms with Crippen LogP contribution in [0.5, 0.6) is 0 Å². The van der Waals surface area contributed by atoms with Crippen LogP contribution >= 0.6 is 0 Å². The molecule has 1 N–H and O–H groups in total. The van der Waals surface area contributed by atoms with Crippen LogP contribution in [0.3, 0.4) is 0 Å². The lowest BCUT2D eigenvalue weighted by Crippen LogP contribution is -2.29. The molecule has 6 heteroatoms. The number of methoxy groups -OCH3 is 1. The highest BCUT2D eigenvalue weighted by atomic mass is 16.5. The second-order valence-electron chi connectivity index (χ2n) is 5.86. The Labute approximate surface area is 156 Å². The Bertz CT molecular complexity index is 1010. The van der Waals surface area contributed by atoms with E-state index in [2.05, 4.69) is 10.1 Å². The van der Waals surface area contributed by atoms with E-state index in [0.717, 1.165) is 5.56 Å². The van der Waals surface area contributed by atoms with E-state index in [4.69, 9.17) is 0 Å². The zero-order valence-electron chi connectivity index (χ0n) is 14.7. The van der Waals surface area contributed by atoms with Crippen molar-refractivity contribution in [3.63, 3.8) is 0 Å². The fraction of sp³-hybridized carbons (Fsp3) is 0.0952.